The predicted octanol–water partition coefficient (Wildman–Crippen LogP) is 3.56. The van der Waals surface area contributed by atoms with E-state index in [1.165, 1.54) is 12.1 Å². The topological polar surface area (TPSA) is 55.9 Å². The Balaban J connectivity index is 1.71. The van der Waals surface area contributed by atoms with Crippen molar-refractivity contribution >= 4 is 5.69 Å². The first-order chi connectivity index (χ1) is 10.4. The summed E-state index contributed by atoms with van der Waals surface area (Å²) < 4.78 is 7.49. The summed E-state index contributed by atoms with van der Waals surface area (Å²) in [5.74, 6) is 0.535. The molecule has 2 heterocycles. The average molecular weight is 282 g/mol. The number of aromatic nitrogens is 3. The SMILES string of the molecule is CCCn1cccc1CNc1cccc(-c2nnco2)c1. The number of anilines is 1. The lowest BCUT2D eigenvalue weighted by atomic mass is 10.2. The molecule has 1 aromatic carbocycles. The fraction of sp³-hybridized carbons (Fsp3) is 0.250. The molecule has 0 bridgehead atoms. The Morgan fingerprint density at radius 2 is 2.19 bits per heavy atom. The van der Waals surface area contributed by atoms with Gasteiger partial charge in [-0.1, -0.05) is 13.0 Å². The summed E-state index contributed by atoms with van der Waals surface area (Å²) in [6.07, 6.45) is 4.59. The highest BCUT2D eigenvalue weighted by molar-refractivity contribution is 5.60. The molecule has 0 radical (unpaired) electrons. The van der Waals surface area contributed by atoms with Gasteiger partial charge in [0.2, 0.25) is 12.3 Å². The first-order valence-corrected chi connectivity index (χ1v) is 7.11. The highest BCUT2D eigenvalue weighted by Crippen LogP contribution is 2.20. The molecule has 5 heteroatoms. The van der Waals surface area contributed by atoms with Crippen LogP contribution in [0.25, 0.3) is 11.5 Å². The second-order valence-electron chi connectivity index (χ2n) is 4.87. The van der Waals surface area contributed by atoms with Crippen LogP contribution in [0.5, 0.6) is 0 Å². The Bertz CT molecular complexity index is 688. The Kier molecular flexibility index (Phi) is 4.00. The molecule has 0 aliphatic heterocycles. The Morgan fingerprint density at radius 1 is 1.24 bits per heavy atom. The van der Waals surface area contributed by atoms with Gasteiger partial charge in [0.25, 0.3) is 0 Å². The summed E-state index contributed by atoms with van der Waals surface area (Å²) in [5.41, 5.74) is 3.23. The molecule has 3 rings (SSSR count). The molecular weight excluding hydrogens is 264 g/mol. The quantitative estimate of drug-likeness (QED) is 0.751. The van der Waals surface area contributed by atoms with Crippen LogP contribution in [0.3, 0.4) is 0 Å². The zero-order chi connectivity index (χ0) is 14.5. The molecule has 0 saturated heterocycles. The van der Waals surface area contributed by atoms with Crippen LogP contribution in [-0.2, 0) is 13.1 Å². The number of hydrogen-bond acceptors (Lipinski definition) is 4. The van der Waals surface area contributed by atoms with Crippen molar-refractivity contribution in [3.63, 3.8) is 0 Å². The zero-order valence-electron chi connectivity index (χ0n) is 12.0. The molecular formula is C16H18N4O. The van der Waals surface area contributed by atoms with Crippen LogP contribution in [-0.4, -0.2) is 14.8 Å². The van der Waals surface area contributed by atoms with E-state index < -0.39 is 0 Å². The monoisotopic (exact) mass is 282 g/mol. The second kappa shape index (κ2) is 6.26. The van der Waals surface area contributed by atoms with Crippen LogP contribution in [0, 0.1) is 0 Å². The maximum absolute atomic E-state index is 5.22. The van der Waals surface area contributed by atoms with E-state index in [4.69, 9.17) is 4.42 Å². The summed E-state index contributed by atoms with van der Waals surface area (Å²) in [6.45, 7) is 4.03. The lowest BCUT2D eigenvalue weighted by Crippen LogP contribution is -2.06. The fourth-order valence-corrected chi connectivity index (χ4v) is 2.32. The van der Waals surface area contributed by atoms with Crippen molar-refractivity contribution in [2.75, 3.05) is 5.32 Å². The molecule has 1 N–H and O–H groups in total. The minimum atomic E-state index is 0.535. The maximum atomic E-state index is 5.22. The Labute approximate surface area is 123 Å². The number of hydrogen-bond donors (Lipinski definition) is 1. The van der Waals surface area contributed by atoms with Crippen LogP contribution in [0.1, 0.15) is 19.0 Å². The Morgan fingerprint density at radius 3 is 3.00 bits per heavy atom. The van der Waals surface area contributed by atoms with Gasteiger partial charge in [-0.3, -0.25) is 0 Å². The van der Waals surface area contributed by atoms with Gasteiger partial charge >= 0.3 is 0 Å². The van der Waals surface area contributed by atoms with Gasteiger partial charge in [-0.2, -0.15) is 0 Å². The number of nitrogens with one attached hydrogen (secondary N) is 1. The first kappa shape index (κ1) is 13.4. The average Bonchev–Trinajstić information content (AvgIpc) is 3.18. The number of nitrogens with zero attached hydrogens (tertiary/aromatic N) is 3. The highest BCUT2D eigenvalue weighted by Gasteiger charge is 2.05. The van der Waals surface area contributed by atoms with E-state index in [2.05, 4.69) is 45.3 Å². The van der Waals surface area contributed by atoms with E-state index in [0.717, 1.165) is 30.8 Å². The van der Waals surface area contributed by atoms with Gasteiger partial charge in [-0.15, -0.1) is 10.2 Å². The van der Waals surface area contributed by atoms with Crippen LogP contribution in [0.2, 0.25) is 0 Å². The molecule has 0 atom stereocenters. The smallest absolute Gasteiger partial charge is 0.247 e. The van der Waals surface area contributed by atoms with Crippen LogP contribution in [0.4, 0.5) is 5.69 Å². The molecule has 21 heavy (non-hydrogen) atoms. The zero-order valence-corrected chi connectivity index (χ0v) is 12.0. The van der Waals surface area contributed by atoms with Crippen molar-refractivity contribution in [1.82, 2.24) is 14.8 Å². The molecule has 108 valence electrons. The van der Waals surface area contributed by atoms with E-state index in [-0.39, 0.29) is 0 Å². The minimum Gasteiger partial charge on any atom is -0.423 e. The number of rotatable bonds is 6. The molecule has 2 aromatic heterocycles. The molecule has 5 nitrogen and oxygen atoms in total. The van der Waals surface area contributed by atoms with Gasteiger partial charge in [0.15, 0.2) is 0 Å². The highest BCUT2D eigenvalue weighted by atomic mass is 16.4. The third-order valence-electron chi connectivity index (χ3n) is 3.33. The van der Waals surface area contributed by atoms with E-state index in [0.29, 0.717) is 5.89 Å². The molecule has 0 aliphatic carbocycles. The lowest BCUT2D eigenvalue weighted by molar-refractivity contribution is 0.568. The largest absolute Gasteiger partial charge is 0.423 e. The van der Waals surface area contributed by atoms with Crippen molar-refractivity contribution in [2.45, 2.75) is 26.4 Å². The summed E-state index contributed by atoms with van der Waals surface area (Å²) in [5, 5.41) is 11.1. The van der Waals surface area contributed by atoms with Crippen LogP contribution in [0.15, 0.2) is 53.4 Å². The van der Waals surface area contributed by atoms with E-state index >= 15 is 0 Å². The van der Waals surface area contributed by atoms with Gasteiger partial charge < -0.3 is 14.3 Å². The first-order valence-electron chi connectivity index (χ1n) is 7.11. The molecule has 0 fully saturated rings. The number of benzene rings is 1. The molecule has 0 unspecified atom stereocenters. The third-order valence-corrected chi connectivity index (χ3v) is 3.33. The van der Waals surface area contributed by atoms with Crippen LogP contribution >= 0.6 is 0 Å². The van der Waals surface area contributed by atoms with Crippen molar-refractivity contribution in [3.8, 4) is 11.5 Å². The second-order valence-corrected chi connectivity index (χ2v) is 4.87. The summed E-state index contributed by atoms with van der Waals surface area (Å²) in [7, 11) is 0. The molecule has 0 aliphatic rings. The van der Waals surface area contributed by atoms with E-state index in [9.17, 15) is 0 Å². The van der Waals surface area contributed by atoms with Crippen molar-refractivity contribution in [2.24, 2.45) is 0 Å². The summed E-state index contributed by atoms with van der Waals surface area (Å²) >= 11 is 0. The Hall–Kier alpha value is -2.56. The standard InChI is InChI=1S/C16H18N4O/c1-2-8-20-9-4-7-15(20)11-17-14-6-3-5-13(10-14)16-19-18-12-21-16/h3-7,9-10,12,17H,2,8,11H2,1H3. The predicted molar refractivity (Wildman–Crippen MR) is 81.8 cm³/mol. The van der Waals surface area contributed by atoms with Crippen LogP contribution < -0.4 is 5.32 Å². The summed E-state index contributed by atoms with van der Waals surface area (Å²) in [6, 6.07) is 12.2. The van der Waals surface area contributed by atoms with Gasteiger partial charge in [0.05, 0.1) is 6.54 Å². The van der Waals surface area contributed by atoms with Gasteiger partial charge in [0, 0.05) is 29.7 Å². The minimum absolute atomic E-state index is 0.535. The van der Waals surface area contributed by atoms with Gasteiger partial charge in [0.1, 0.15) is 0 Å². The van der Waals surface area contributed by atoms with Crippen molar-refractivity contribution in [3.05, 3.63) is 54.7 Å². The van der Waals surface area contributed by atoms with Gasteiger partial charge in [-0.25, -0.2) is 0 Å². The normalized spacial score (nSPS) is 10.7. The summed E-state index contributed by atoms with van der Waals surface area (Å²) in [4.78, 5) is 0. The third kappa shape index (κ3) is 3.13. The molecule has 0 spiro atoms. The van der Waals surface area contributed by atoms with Crippen molar-refractivity contribution in [1.29, 1.82) is 0 Å². The van der Waals surface area contributed by atoms with E-state index in [1.807, 2.05) is 24.3 Å². The maximum Gasteiger partial charge on any atom is 0.247 e. The fourth-order valence-electron chi connectivity index (χ4n) is 2.32. The molecule has 0 amide bonds. The van der Waals surface area contributed by atoms with E-state index in [1.54, 1.807) is 0 Å². The lowest BCUT2D eigenvalue weighted by Gasteiger charge is -2.10. The number of aryl methyl sites for hydroxylation is 1. The molecule has 3 aromatic rings. The van der Waals surface area contributed by atoms with Crippen molar-refractivity contribution < 1.29 is 4.42 Å². The van der Waals surface area contributed by atoms with Gasteiger partial charge in [-0.05, 0) is 36.8 Å². The molecule has 0 saturated carbocycles.